The minimum Gasteiger partial charge on any atom is -0.309 e. The fraction of sp³-hybridized carbons (Fsp3) is 0. The zero-order valence-electron chi connectivity index (χ0n) is 30.7. The molecular formula is C54H36N2. The predicted molar refractivity (Wildman–Crippen MR) is 237 cm³/mol. The number of nitrogens with zero attached hydrogens (tertiary/aromatic N) is 2. The number of hydrogen-bond acceptors (Lipinski definition) is 0. The SMILES string of the molecule is c1ccc(-c2cc(-c3ccccc3)cc(-n3c4ccccc4c4cc5c(cc43)c3ccccc3n5-c3cc(-c4ccccc4)cc(-c4ccccc4)c3)c2)cc1. The van der Waals surface area contributed by atoms with E-state index in [1.807, 2.05) is 0 Å². The lowest BCUT2D eigenvalue weighted by molar-refractivity contribution is 1.18. The van der Waals surface area contributed by atoms with Crippen molar-refractivity contribution < 1.29 is 0 Å². The molecule has 2 nitrogen and oxygen atoms in total. The molecule has 9 aromatic carbocycles. The summed E-state index contributed by atoms with van der Waals surface area (Å²) in [5.41, 5.74) is 16.6. The van der Waals surface area contributed by atoms with E-state index in [9.17, 15) is 0 Å². The molecule has 0 saturated heterocycles. The van der Waals surface area contributed by atoms with Crippen LogP contribution in [0, 0.1) is 0 Å². The molecule has 0 bridgehead atoms. The molecule has 0 amide bonds. The second-order valence-electron chi connectivity index (χ2n) is 14.6. The summed E-state index contributed by atoms with van der Waals surface area (Å²) < 4.78 is 4.94. The van der Waals surface area contributed by atoms with Crippen molar-refractivity contribution in [1.82, 2.24) is 9.13 Å². The lowest BCUT2D eigenvalue weighted by Gasteiger charge is -2.15. The Morgan fingerprint density at radius 1 is 0.196 bits per heavy atom. The summed E-state index contributed by atoms with van der Waals surface area (Å²) in [6.07, 6.45) is 0. The second kappa shape index (κ2) is 13.2. The maximum absolute atomic E-state index is 2.47. The van der Waals surface area contributed by atoms with Gasteiger partial charge < -0.3 is 9.13 Å². The van der Waals surface area contributed by atoms with E-state index in [1.54, 1.807) is 0 Å². The van der Waals surface area contributed by atoms with Gasteiger partial charge in [0.1, 0.15) is 0 Å². The Balaban J connectivity index is 1.21. The molecule has 11 aromatic rings. The van der Waals surface area contributed by atoms with E-state index in [-0.39, 0.29) is 0 Å². The van der Waals surface area contributed by atoms with Gasteiger partial charge >= 0.3 is 0 Å². The molecule has 0 unspecified atom stereocenters. The summed E-state index contributed by atoms with van der Waals surface area (Å²) in [4.78, 5) is 0. The summed E-state index contributed by atoms with van der Waals surface area (Å²) in [7, 11) is 0. The molecule has 0 N–H and O–H groups in total. The third-order valence-corrected chi connectivity index (χ3v) is 11.2. The van der Waals surface area contributed by atoms with E-state index >= 15 is 0 Å². The van der Waals surface area contributed by atoms with Crippen LogP contribution in [-0.4, -0.2) is 9.13 Å². The van der Waals surface area contributed by atoms with Gasteiger partial charge in [-0.2, -0.15) is 0 Å². The molecule has 2 heteroatoms. The van der Waals surface area contributed by atoms with Crippen LogP contribution in [0.1, 0.15) is 0 Å². The van der Waals surface area contributed by atoms with Gasteiger partial charge in [-0.25, -0.2) is 0 Å². The Labute approximate surface area is 325 Å². The molecule has 0 aliphatic heterocycles. The van der Waals surface area contributed by atoms with Crippen LogP contribution in [0.5, 0.6) is 0 Å². The standard InChI is InChI=1S/C54H36N2/c1-5-17-37(18-6-1)41-29-42(38-19-7-2-8-20-38)32-45(31-41)55-51-27-15-13-25-47(51)49-36-54-50(35-53(49)55)48-26-14-16-28-52(48)56(54)46-33-43(39-21-9-3-10-22-39)30-44(34-46)40-23-11-4-12-24-40/h1-36H. The third kappa shape index (κ3) is 5.34. The molecular weight excluding hydrogens is 677 g/mol. The first-order valence-corrected chi connectivity index (χ1v) is 19.3. The van der Waals surface area contributed by atoms with Crippen molar-refractivity contribution in [2.24, 2.45) is 0 Å². The van der Waals surface area contributed by atoms with Crippen LogP contribution in [0.15, 0.2) is 218 Å². The zero-order valence-corrected chi connectivity index (χ0v) is 30.7. The molecule has 0 radical (unpaired) electrons. The molecule has 0 fully saturated rings. The van der Waals surface area contributed by atoms with Crippen LogP contribution in [-0.2, 0) is 0 Å². The normalized spacial score (nSPS) is 11.6. The molecule has 0 aliphatic rings. The molecule has 0 saturated carbocycles. The monoisotopic (exact) mass is 712 g/mol. The van der Waals surface area contributed by atoms with Crippen LogP contribution in [0.25, 0.3) is 99.5 Å². The highest BCUT2D eigenvalue weighted by molar-refractivity contribution is 6.19. The first-order chi connectivity index (χ1) is 27.8. The van der Waals surface area contributed by atoms with Gasteiger partial charge in [0.25, 0.3) is 0 Å². The molecule has 56 heavy (non-hydrogen) atoms. The van der Waals surface area contributed by atoms with E-state index in [0.29, 0.717) is 0 Å². The quantitative estimate of drug-likeness (QED) is 0.162. The number of hydrogen-bond donors (Lipinski definition) is 0. The van der Waals surface area contributed by atoms with Gasteiger partial charge in [-0.1, -0.05) is 158 Å². The van der Waals surface area contributed by atoms with Gasteiger partial charge in [0.05, 0.1) is 22.1 Å². The van der Waals surface area contributed by atoms with Crippen LogP contribution in [0.3, 0.4) is 0 Å². The Hall–Kier alpha value is -7.42. The smallest absolute Gasteiger partial charge is 0.0548 e. The summed E-state index contributed by atoms with van der Waals surface area (Å²) in [5.74, 6) is 0. The van der Waals surface area contributed by atoms with Gasteiger partial charge in [0.15, 0.2) is 0 Å². The lowest BCUT2D eigenvalue weighted by Crippen LogP contribution is -1.97. The Morgan fingerprint density at radius 2 is 0.482 bits per heavy atom. The molecule has 0 atom stereocenters. The topological polar surface area (TPSA) is 9.86 Å². The fourth-order valence-corrected chi connectivity index (χ4v) is 8.66. The minimum atomic E-state index is 1.14. The van der Waals surface area contributed by atoms with Crippen LogP contribution in [0.2, 0.25) is 0 Å². The van der Waals surface area contributed by atoms with Crippen LogP contribution >= 0.6 is 0 Å². The third-order valence-electron chi connectivity index (χ3n) is 11.2. The van der Waals surface area contributed by atoms with Crippen LogP contribution in [0.4, 0.5) is 0 Å². The first kappa shape index (κ1) is 32.0. The Bertz CT molecular complexity index is 2870. The van der Waals surface area contributed by atoms with E-state index in [0.717, 1.165) is 11.4 Å². The largest absolute Gasteiger partial charge is 0.309 e. The van der Waals surface area contributed by atoms with Crippen molar-refractivity contribution >= 4 is 43.6 Å². The van der Waals surface area contributed by atoms with Gasteiger partial charge in [-0.15, -0.1) is 0 Å². The Morgan fingerprint density at radius 3 is 0.804 bits per heavy atom. The summed E-state index contributed by atoms with van der Waals surface area (Å²) in [6.45, 7) is 0. The van der Waals surface area contributed by atoms with Crippen molar-refractivity contribution in [2.45, 2.75) is 0 Å². The van der Waals surface area contributed by atoms with Crippen molar-refractivity contribution in [3.8, 4) is 55.9 Å². The molecule has 11 rings (SSSR count). The summed E-state index contributed by atoms with van der Waals surface area (Å²) in [5, 5.41) is 4.92. The number of benzene rings is 9. The van der Waals surface area contributed by atoms with Crippen LogP contribution < -0.4 is 0 Å². The second-order valence-corrected chi connectivity index (χ2v) is 14.6. The minimum absolute atomic E-state index is 1.14. The van der Waals surface area contributed by atoms with E-state index in [2.05, 4.69) is 228 Å². The number of aromatic nitrogens is 2. The van der Waals surface area contributed by atoms with Gasteiger partial charge in [-0.3, -0.25) is 0 Å². The maximum Gasteiger partial charge on any atom is 0.0548 e. The van der Waals surface area contributed by atoms with Crippen molar-refractivity contribution in [3.63, 3.8) is 0 Å². The van der Waals surface area contributed by atoms with E-state index < -0.39 is 0 Å². The number of rotatable bonds is 6. The molecule has 2 aromatic heterocycles. The van der Waals surface area contributed by atoms with Crippen molar-refractivity contribution in [1.29, 1.82) is 0 Å². The number of fused-ring (bicyclic) bond motifs is 6. The first-order valence-electron chi connectivity index (χ1n) is 19.3. The molecule has 0 spiro atoms. The zero-order chi connectivity index (χ0) is 37.0. The molecule has 2 heterocycles. The molecule has 0 aliphatic carbocycles. The van der Waals surface area contributed by atoms with Gasteiger partial charge in [0, 0.05) is 32.9 Å². The summed E-state index contributed by atoms with van der Waals surface area (Å²) in [6, 6.07) is 79.5. The van der Waals surface area contributed by atoms with Crippen molar-refractivity contribution in [2.75, 3.05) is 0 Å². The van der Waals surface area contributed by atoms with E-state index in [4.69, 9.17) is 0 Å². The summed E-state index contributed by atoms with van der Waals surface area (Å²) >= 11 is 0. The number of para-hydroxylation sites is 2. The highest BCUT2D eigenvalue weighted by Crippen LogP contribution is 2.42. The fourth-order valence-electron chi connectivity index (χ4n) is 8.66. The van der Waals surface area contributed by atoms with Gasteiger partial charge in [-0.05, 0) is 105 Å². The predicted octanol–water partition coefficient (Wildman–Crippen LogP) is 14.5. The highest BCUT2D eigenvalue weighted by atomic mass is 15.0. The highest BCUT2D eigenvalue weighted by Gasteiger charge is 2.20. The van der Waals surface area contributed by atoms with E-state index in [1.165, 1.54) is 88.1 Å². The maximum atomic E-state index is 2.47. The Kier molecular flexibility index (Phi) is 7.53. The van der Waals surface area contributed by atoms with Gasteiger partial charge in [0.2, 0.25) is 0 Å². The molecule has 262 valence electrons. The average molecular weight is 713 g/mol. The average Bonchev–Trinajstić information content (AvgIpc) is 3.78. The lowest BCUT2D eigenvalue weighted by atomic mass is 9.98. The van der Waals surface area contributed by atoms with Crippen molar-refractivity contribution in [3.05, 3.63) is 218 Å².